The highest BCUT2D eigenvalue weighted by atomic mass is 16.4. The van der Waals surface area contributed by atoms with Gasteiger partial charge < -0.3 is 10.5 Å². The van der Waals surface area contributed by atoms with Crippen LogP contribution in [0.15, 0.2) is 5.16 Å². The average Bonchev–Trinajstić information content (AvgIpc) is 2.37. The highest BCUT2D eigenvalue weighted by molar-refractivity contribution is 5.87. The van der Waals surface area contributed by atoms with Gasteiger partial charge in [0.1, 0.15) is 0 Å². The van der Waals surface area contributed by atoms with E-state index >= 15 is 0 Å². The molecular formula is C14H27N3O2. The van der Waals surface area contributed by atoms with Crippen molar-refractivity contribution in [3.05, 3.63) is 0 Å². The molecule has 5 nitrogen and oxygen atoms in total. The molecule has 1 aliphatic heterocycles. The Bertz CT molecular complexity index is 331. The van der Waals surface area contributed by atoms with E-state index in [0.717, 1.165) is 38.1 Å². The van der Waals surface area contributed by atoms with Crippen LogP contribution in [-0.2, 0) is 4.79 Å². The monoisotopic (exact) mass is 269 g/mol. The lowest BCUT2D eigenvalue weighted by Crippen LogP contribution is -2.52. The van der Waals surface area contributed by atoms with Gasteiger partial charge in [0.2, 0.25) is 5.91 Å². The van der Waals surface area contributed by atoms with Gasteiger partial charge in [-0.2, -0.15) is 0 Å². The molecule has 1 rings (SSSR count). The second-order valence-corrected chi connectivity index (χ2v) is 5.61. The van der Waals surface area contributed by atoms with Gasteiger partial charge in [-0.25, -0.2) is 0 Å². The van der Waals surface area contributed by atoms with Crippen molar-refractivity contribution in [1.29, 1.82) is 0 Å². The van der Waals surface area contributed by atoms with Crippen LogP contribution in [0.1, 0.15) is 47.0 Å². The van der Waals surface area contributed by atoms with E-state index in [1.165, 1.54) is 0 Å². The number of amides is 1. The molecule has 1 heterocycles. The Kier molecular flexibility index (Phi) is 6.28. The van der Waals surface area contributed by atoms with Gasteiger partial charge in [-0.15, -0.1) is 0 Å². The van der Waals surface area contributed by atoms with Crippen molar-refractivity contribution in [2.45, 2.75) is 59.0 Å². The Morgan fingerprint density at radius 3 is 2.79 bits per heavy atom. The van der Waals surface area contributed by atoms with Crippen molar-refractivity contribution < 1.29 is 10.0 Å². The number of carbonyl (C=O) groups excluding carboxylic acids is 1. The van der Waals surface area contributed by atoms with Crippen molar-refractivity contribution >= 4 is 11.6 Å². The summed E-state index contributed by atoms with van der Waals surface area (Å²) in [7, 11) is 0. The number of nitrogens with zero attached hydrogens (tertiary/aromatic N) is 2. The van der Waals surface area contributed by atoms with Crippen molar-refractivity contribution in [3.8, 4) is 0 Å². The summed E-state index contributed by atoms with van der Waals surface area (Å²) in [5, 5.41) is 15.3. The molecular weight excluding hydrogens is 242 g/mol. The van der Waals surface area contributed by atoms with Crippen LogP contribution in [0.4, 0.5) is 0 Å². The minimum atomic E-state index is -0.123. The summed E-state index contributed by atoms with van der Waals surface area (Å²) >= 11 is 0. The molecule has 1 aliphatic rings. The maximum Gasteiger partial charge on any atom is 0.237 e. The number of nitrogens with one attached hydrogen (secondary N) is 1. The molecule has 0 saturated carbocycles. The number of rotatable bonds is 5. The maximum atomic E-state index is 12.2. The summed E-state index contributed by atoms with van der Waals surface area (Å²) in [4.78, 5) is 14.3. The first kappa shape index (κ1) is 16.0. The predicted octanol–water partition coefficient (Wildman–Crippen LogP) is 1.85. The van der Waals surface area contributed by atoms with E-state index in [4.69, 9.17) is 5.21 Å². The molecule has 0 aromatic rings. The maximum absolute atomic E-state index is 12.2. The smallest absolute Gasteiger partial charge is 0.237 e. The van der Waals surface area contributed by atoms with Crippen molar-refractivity contribution in [1.82, 2.24) is 10.2 Å². The van der Waals surface area contributed by atoms with Crippen LogP contribution in [-0.4, -0.2) is 46.9 Å². The third-order valence-electron chi connectivity index (χ3n) is 3.90. The van der Waals surface area contributed by atoms with E-state index < -0.39 is 0 Å². The quantitative estimate of drug-likeness (QED) is 0.591. The van der Waals surface area contributed by atoms with Crippen LogP contribution in [0, 0.1) is 5.92 Å². The van der Waals surface area contributed by atoms with Gasteiger partial charge in [0.15, 0.2) is 0 Å². The van der Waals surface area contributed by atoms with E-state index in [0.29, 0.717) is 0 Å². The summed E-state index contributed by atoms with van der Waals surface area (Å²) in [6.45, 7) is 9.70. The zero-order chi connectivity index (χ0) is 14.4. The Morgan fingerprint density at radius 1 is 1.58 bits per heavy atom. The van der Waals surface area contributed by atoms with Gasteiger partial charge >= 0.3 is 0 Å². The first-order chi connectivity index (χ1) is 8.99. The van der Waals surface area contributed by atoms with Gasteiger partial charge in [-0.1, -0.05) is 25.4 Å². The minimum absolute atomic E-state index is 0.0949. The molecule has 3 atom stereocenters. The van der Waals surface area contributed by atoms with Crippen molar-refractivity contribution in [2.24, 2.45) is 11.1 Å². The third kappa shape index (κ3) is 4.49. The zero-order valence-corrected chi connectivity index (χ0v) is 12.5. The van der Waals surface area contributed by atoms with Gasteiger partial charge in [-0.3, -0.25) is 9.69 Å². The second kappa shape index (κ2) is 7.48. The lowest BCUT2D eigenvalue weighted by atomic mass is 9.96. The normalized spacial score (nSPS) is 26.1. The lowest BCUT2D eigenvalue weighted by Gasteiger charge is -2.35. The molecule has 1 fully saturated rings. The predicted molar refractivity (Wildman–Crippen MR) is 76.6 cm³/mol. The van der Waals surface area contributed by atoms with Gasteiger partial charge in [0.05, 0.1) is 11.8 Å². The van der Waals surface area contributed by atoms with E-state index in [1.54, 1.807) is 0 Å². The molecule has 19 heavy (non-hydrogen) atoms. The highest BCUT2D eigenvalue weighted by Gasteiger charge is 2.29. The van der Waals surface area contributed by atoms with Crippen LogP contribution in [0.25, 0.3) is 0 Å². The summed E-state index contributed by atoms with van der Waals surface area (Å²) in [5.41, 5.74) is 0.836. The largest absolute Gasteiger partial charge is 0.411 e. The summed E-state index contributed by atoms with van der Waals surface area (Å²) in [6, 6.07) is 0.110. The molecule has 2 N–H and O–H groups in total. The first-order valence-electron chi connectivity index (χ1n) is 7.24. The van der Waals surface area contributed by atoms with Gasteiger partial charge in [0.25, 0.3) is 0 Å². The fraction of sp³-hybridized carbons (Fsp3) is 0.857. The molecule has 0 aromatic heterocycles. The standard InChI is InChI=1S/C14H27N3O2/c1-5-6-11(3)15-14(18)12(4)17-8-7-13(16-19)10(2)9-17/h10-12,19H,5-9H2,1-4H3,(H,15,18). The van der Waals surface area contributed by atoms with Crippen molar-refractivity contribution in [3.63, 3.8) is 0 Å². The molecule has 3 unspecified atom stereocenters. The van der Waals surface area contributed by atoms with E-state index in [2.05, 4.69) is 22.3 Å². The van der Waals surface area contributed by atoms with Crippen LogP contribution < -0.4 is 5.32 Å². The summed E-state index contributed by atoms with van der Waals surface area (Å²) in [5.74, 6) is 0.305. The number of likely N-dealkylation sites (tertiary alicyclic amines) is 1. The number of oxime groups is 1. The second-order valence-electron chi connectivity index (χ2n) is 5.61. The topological polar surface area (TPSA) is 64.9 Å². The van der Waals surface area contributed by atoms with Crippen LogP contribution >= 0.6 is 0 Å². The Hall–Kier alpha value is -1.10. The van der Waals surface area contributed by atoms with Crippen LogP contribution in [0.5, 0.6) is 0 Å². The molecule has 110 valence electrons. The van der Waals surface area contributed by atoms with Gasteiger partial charge in [-0.05, 0) is 20.3 Å². The zero-order valence-electron chi connectivity index (χ0n) is 12.5. The van der Waals surface area contributed by atoms with E-state index in [9.17, 15) is 4.79 Å². The van der Waals surface area contributed by atoms with E-state index in [1.807, 2.05) is 20.8 Å². The fourth-order valence-electron chi connectivity index (χ4n) is 2.59. The Morgan fingerprint density at radius 2 is 2.26 bits per heavy atom. The van der Waals surface area contributed by atoms with E-state index in [-0.39, 0.29) is 23.9 Å². The Balaban J connectivity index is 2.49. The molecule has 5 heteroatoms. The number of hydrogen-bond acceptors (Lipinski definition) is 4. The Labute approximate surface area is 116 Å². The highest BCUT2D eigenvalue weighted by Crippen LogP contribution is 2.16. The summed E-state index contributed by atoms with van der Waals surface area (Å²) < 4.78 is 0. The lowest BCUT2D eigenvalue weighted by molar-refractivity contribution is -0.126. The first-order valence-corrected chi connectivity index (χ1v) is 7.24. The van der Waals surface area contributed by atoms with Crippen molar-refractivity contribution in [2.75, 3.05) is 13.1 Å². The molecule has 0 aromatic carbocycles. The fourth-order valence-corrected chi connectivity index (χ4v) is 2.59. The molecule has 0 bridgehead atoms. The number of piperidine rings is 1. The average molecular weight is 269 g/mol. The molecule has 1 amide bonds. The number of carbonyl (C=O) groups is 1. The minimum Gasteiger partial charge on any atom is -0.411 e. The van der Waals surface area contributed by atoms with Crippen LogP contribution in [0.2, 0.25) is 0 Å². The third-order valence-corrected chi connectivity index (χ3v) is 3.90. The SMILES string of the molecule is CCCC(C)NC(=O)C(C)N1CCC(=NO)C(C)C1. The molecule has 0 aliphatic carbocycles. The summed E-state index contributed by atoms with van der Waals surface area (Å²) in [6.07, 6.45) is 2.82. The molecule has 0 spiro atoms. The molecule has 0 radical (unpaired) electrons. The molecule has 1 saturated heterocycles. The van der Waals surface area contributed by atoms with Gasteiger partial charge in [0, 0.05) is 31.5 Å². The number of hydrogen-bond donors (Lipinski definition) is 2. The van der Waals surface area contributed by atoms with Crippen LogP contribution in [0.3, 0.4) is 0 Å².